The van der Waals surface area contributed by atoms with Crippen molar-refractivity contribution in [3.8, 4) is 0 Å². The second-order valence-corrected chi connectivity index (χ2v) is 7.48. The maximum atomic E-state index is 10.9. The Hall–Kier alpha value is -3.34. The minimum absolute atomic E-state index is 0.0200. The lowest BCUT2D eigenvalue weighted by molar-refractivity contribution is -0.148. The zero-order valence-corrected chi connectivity index (χ0v) is 22.5. The summed E-state index contributed by atoms with van der Waals surface area (Å²) in [7, 11) is 0. The summed E-state index contributed by atoms with van der Waals surface area (Å²) in [6, 6.07) is 0. The Kier molecular flexibility index (Phi) is 32.8. The van der Waals surface area contributed by atoms with E-state index in [2.05, 4.69) is 18.9 Å². The van der Waals surface area contributed by atoms with Crippen LogP contribution in [0.15, 0.2) is 0 Å². The number of hydrogen-bond donors (Lipinski definition) is 6. The summed E-state index contributed by atoms with van der Waals surface area (Å²) in [4.78, 5) is 63.3. The van der Waals surface area contributed by atoms with Crippen LogP contribution in [0.2, 0.25) is 0 Å². The Bertz CT molecular complexity index is 596. The van der Waals surface area contributed by atoms with Gasteiger partial charge in [-0.3, -0.25) is 28.8 Å². The molecule has 0 aliphatic carbocycles. The van der Waals surface area contributed by atoms with Gasteiger partial charge in [0.2, 0.25) is 0 Å². The number of unbranched alkanes of at least 4 members (excludes halogenated alkanes) is 1. The van der Waals surface area contributed by atoms with E-state index in [9.17, 15) is 28.8 Å². The van der Waals surface area contributed by atoms with Crippen LogP contribution in [0.5, 0.6) is 0 Å². The molecule has 0 aromatic carbocycles. The fourth-order valence-electron chi connectivity index (χ4n) is 2.23. The van der Waals surface area contributed by atoms with Gasteiger partial charge >= 0.3 is 35.8 Å². The average Bonchev–Trinajstić information content (AvgIpc) is 2.91. The van der Waals surface area contributed by atoms with E-state index in [1.807, 2.05) is 0 Å². The van der Waals surface area contributed by atoms with Gasteiger partial charge in [-0.05, 0) is 25.7 Å². The molecule has 0 amide bonds. The molecule has 0 atom stereocenters. The van der Waals surface area contributed by atoms with Gasteiger partial charge in [0, 0.05) is 38.5 Å². The fraction of sp³-hybridized carbons (Fsp3) is 0.750. The first-order chi connectivity index (χ1) is 19.0. The molecule has 0 unspecified atom stereocenters. The van der Waals surface area contributed by atoms with Crippen LogP contribution >= 0.6 is 0 Å². The number of rotatable bonds is 21. The van der Waals surface area contributed by atoms with Gasteiger partial charge in [-0.2, -0.15) is 0 Å². The SMILES string of the molecule is O=C(CCCC(=O)OCCO)OCCO.O=C(CCCC(=O)OCCO)OCCO.O=C(O)CCCCC(=O)O. The number of hydrogen-bond acceptors (Lipinski definition) is 14. The maximum Gasteiger partial charge on any atom is 0.305 e. The van der Waals surface area contributed by atoms with Crippen molar-refractivity contribution in [2.24, 2.45) is 0 Å². The number of aliphatic hydroxyl groups excluding tert-OH is 4. The quantitative estimate of drug-likeness (QED) is 0.0544. The van der Waals surface area contributed by atoms with E-state index >= 15 is 0 Å². The minimum atomic E-state index is -0.870. The largest absolute Gasteiger partial charge is 0.481 e. The topological polar surface area (TPSA) is 261 Å². The molecule has 0 aliphatic rings. The summed E-state index contributed by atoms with van der Waals surface area (Å²) >= 11 is 0. The van der Waals surface area contributed by atoms with Crippen LogP contribution in [0.25, 0.3) is 0 Å². The lowest BCUT2D eigenvalue weighted by Crippen LogP contribution is -2.11. The monoisotopic (exact) mass is 586 g/mol. The molecule has 0 rings (SSSR count). The van der Waals surface area contributed by atoms with Crippen molar-refractivity contribution < 1.29 is 78.4 Å². The number of carboxylic acids is 2. The van der Waals surface area contributed by atoms with Gasteiger partial charge in [-0.1, -0.05) is 0 Å². The molecule has 0 saturated carbocycles. The van der Waals surface area contributed by atoms with Gasteiger partial charge in [-0.25, -0.2) is 0 Å². The molecule has 0 bridgehead atoms. The Morgan fingerprint density at radius 1 is 0.375 bits per heavy atom. The van der Waals surface area contributed by atoms with E-state index in [4.69, 9.17) is 30.6 Å². The summed E-state index contributed by atoms with van der Waals surface area (Å²) in [6.07, 6.45) is 2.18. The van der Waals surface area contributed by atoms with Crippen molar-refractivity contribution in [3.05, 3.63) is 0 Å². The Labute approximate surface area is 231 Å². The van der Waals surface area contributed by atoms with Gasteiger partial charge < -0.3 is 49.6 Å². The van der Waals surface area contributed by atoms with Crippen molar-refractivity contribution in [3.63, 3.8) is 0 Å². The van der Waals surface area contributed by atoms with Crippen LogP contribution in [-0.2, 0) is 47.7 Å². The highest BCUT2D eigenvalue weighted by Gasteiger charge is 2.07. The Morgan fingerprint density at radius 2 is 0.600 bits per heavy atom. The van der Waals surface area contributed by atoms with Crippen LogP contribution in [0, 0.1) is 0 Å². The van der Waals surface area contributed by atoms with Gasteiger partial charge in [-0.15, -0.1) is 0 Å². The van der Waals surface area contributed by atoms with Gasteiger partial charge in [0.05, 0.1) is 26.4 Å². The van der Waals surface area contributed by atoms with Crippen molar-refractivity contribution in [1.29, 1.82) is 0 Å². The molecule has 0 spiro atoms. The zero-order valence-electron chi connectivity index (χ0n) is 22.5. The van der Waals surface area contributed by atoms with E-state index < -0.39 is 35.8 Å². The summed E-state index contributed by atoms with van der Waals surface area (Å²) in [5.74, 6) is -3.52. The van der Waals surface area contributed by atoms with Crippen molar-refractivity contribution >= 4 is 35.8 Å². The van der Waals surface area contributed by atoms with E-state index in [1.165, 1.54) is 0 Å². The second-order valence-electron chi connectivity index (χ2n) is 7.48. The first-order valence-electron chi connectivity index (χ1n) is 12.5. The third kappa shape index (κ3) is 39.2. The number of carbonyl (C=O) groups is 6. The van der Waals surface area contributed by atoms with E-state index in [-0.39, 0.29) is 91.4 Å². The summed E-state index contributed by atoms with van der Waals surface area (Å²) in [5.41, 5.74) is 0. The number of carboxylic acid groups (broad SMARTS) is 2. The van der Waals surface area contributed by atoms with Crippen LogP contribution < -0.4 is 0 Å². The predicted octanol–water partition coefficient (Wildman–Crippen LogP) is -0.829. The van der Waals surface area contributed by atoms with E-state index in [1.54, 1.807) is 0 Å². The highest BCUT2D eigenvalue weighted by atomic mass is 16.6. The minimum Gasteiger partial charge on any atom is -0.481 e. The standard InChI is InChI=1S/2C9H16O6.C6H10O4/c2*10-4-6-14-8(12)2-1-3-9(13)15-7-5-11;7-5(8)3-1-2-4-6(9)10/h2*10-11H,1-7H2;1-4H2,(H,7,8)(H,9,10). The van der Waals surface area contributed by atoms with E-state index in [0.29, 0.717) is 25.7 Å². The molecule has 0 heterocycles. The molecule has 16 heteroatoms. The molecule has 234 valence electrons. The van der Waals surface area contributed by atoms with Crippen LogP contribution in [0.1, 0.15) is 64.2 Å². The summed E-state index contributed by atoms with van der Waals surface area (Å²) in [5, 5.41) is 49.7. The van der Waals surface area contributed by atoms with Gasteiger partial charge in [0.1, 0.15) is 26.4 Å². The Balaban J connectivity index is -0.000000525. The number of ether oxygens (including phenoxy) is 4. The molecule has 0 aliphatic heterocycles. The van der Waals surface area contributed by atoms with Crippen molar-refractivity contribution in [1.82, 2.24) is 0 Å². The smallest absolute Gasteiger partial charge is 0.305 e. The van der Waals surface area contributed by atoms with Gasteiger partial charge in [0.25, 0.3) is 0 Å². The number of aliphatic carboxylic acids is 2. The number of esters is 4. The van der Waals surface area contributed by atoms with Crippen LogP contribution in [0.4, 0.5) is 0 Å². The first-order valence-corrected chi connectivity index (χ1v) is 12.5. The second kappa shape index (κ2) is 31.9. The predicted molar refractivity (Wildman–Crippen MR) is 134 cm³/mol. The first kappa shape index (κ1) is 41.1. The molecular formula is C24H42O16. The van der Waals surface area contributed by atoms with Crippen LogP contribution in [0.3, 0.4) is 0 Å². The fourth-order valence-corrected chi connectivity index (χ4v) is 2.23. The molecule has 0 radical (unpaired) electrons. The van der Waals surface area contributed by atoms with Crippen LogP contribution in [-0.4, -0.2) is 119 Å². The maximum absolute atomic E-state index is 10.9. The molecule has 0 saturated heterocycles. The number of aliphatic hydroxyl groups is 4. The molecular weight excluding hydrogens is 544 g/mol. The highest BCUT2D eigenvalue weighted by Crippen LogP contribution is 2.01. The van der Waals surface area contributed by atoms with Crippen molar-refractivity contribution in [2.75, 3.05) is 52.9 Å². The van der Waals surface area contributed by atoms with Gasteiger partial charge in [0.15, 0.2) is 0 Å². The third-order valence-electron chi connectivity index (χ3n) is 3.97. The molecule has 6 N–H and O–H groups in total. The molecule has 0 aromatic heterocycles. The normalized spacial score (nSPS) is 9.60. The third-order valence-corrected chi connectivity index (χ3v) is 3.97. The molecule has 40 heavy (non-hydrogen) atoms. The molecule has 0 fully saturated rings. The summed E-state index contributed by atoms with van der Waals surface area (Å²) < 4.78 is 18.3. The lowest BCUT2D eigenvalue weighted by atomic mass is 10.2. The van der Waals surface area contributed by atoms with Crippen molar-refractivity contribution in [2.45, 2.75) is 64.2 Å². The number of carbonyl (C=O) groups excluding carboxylic acids is 4. The molecule has 0 aromatic rings. The molecule has 16 nitrogen and oxygen atoms in total. The average molecular weight is 587 g/mol. The lowest BCUT2D eigenvalue weighted by Gasteiger charge is -2.03. The summed E-state index contributed by atoms with van der Waals surface area (Å²) in [6.45, 7) is -0.897. The highest BCUT2D eigenvalue weighted by molar-refractivity contribution is 5.73. The van der Waals surface area contributed by atoms with E-state index in [0.717, 1.165) is 0 Å². The Morgan fingerprint density at radius 3 is 0.775 bits per heavy atom. The zero-order chi connectivity index (χ0) is 31.0.